The molecule has 1 saturated heterocycles. The largest absolute Gasteiger partial charge is 0.328 e. The SMILES string of the molecule is CN(C)CCCN1C(=O)C(=O)C(C(=O)c2ccccc2)C1c1cccnc1. The van der Waals surface area contributed by atoms with Crippen LogP contribution in [0.2, 0.25) is 0 Å². The molecule has 6 nitrogen and oxygen atoms in total. The van der Waals surface area contributed by atoms with Crippen molar-refractivity contribution in [1.82, 2.24) is 14.8 Å². The number of Topliss-reactive ketones (excluding diaryl/α,β-unsaturated/α-hetero) is 2. The number of pyridine rings is 1. The predicted molar refractivity (Wildman–Crippen MR) is 101 cm³/mol. The number of likely N-dealkylation sites (tertiary alicyclic amines) is 1. The Kier molecular flexibility index (Phi) is 5.76. The highest BCUT2D eigenvalue weighted by atomic mass is 16.2. The average Bonchev–Trinajstić information content (AvgIpc) is 2.93. The maximum atomic E-state index is 13.1. The van der Waals surface area contributed by atoms with Crippen molar-refractivity contribution in [2.24, 2.45) is 5.92 Å². The van der Waals surface area contributed by atoms with E-state index in [0.29, 0.717) is 17.7 Å². The molecule has 1 aliphatic heterocycles. The third-order valence-electron chi connectivity index (χ3n) is 4.78. The van der Waals surface area contributed by atoms with E-state index in [4.69, 9.17) is 0 Å². The van der Waals surface area contributed by atoms with Crippen molar-refractivity contribution in [3.8, 4) is 0 Å². The van der Waals surface area contributed by atoms with Gasteiger partial charge in [0.2, 0.25) is 5.78 Å². The fourth-order valence-electron chi connectivity index (χ4n) is 3.49. The molecule has 0 saturated carbocycles. The van der Waals surface area contributed by atoms with Crippen LogP contribution in [0.1, 0.15) is 28.4 Å². The molecule has 2 atom stereocenters. The molecule has 3 rings (SSSR count). The molecular weight excluding hydrogens is 342 g/mol. The van der Waals surface area contributed by atoms with E-state index in [2.05, 4.69) is 4.98 Å². The normalized spacial score (nSPS) is 19.7. The number of nitrogens with zero attached hydrogens (tertiary/aromatic N) is 3. The first-order valence-electron chi connectivity index (χ1n) is 8.99. The van der Waals surface area contributed by atoms with Crippen molar-refractivity contribution in [3.05, 3.63) is 66.0 Å². The Morgan fingerprint density at radius 2 is 1.85 bits per heavy atom. The lowest BCUT2D eigenvalue weighted by Crippen LogP contribution is -2.33. The molecule has 1 amide bonds. The third-order valence-corrected chi connectivity index (χ3v) is 4.78. The van der Waals surface area contributed by atoms with E-state index in [0.717, 1.165) is 13.0 Å². The van der Waals surface area contributed by atoms with Gasteiger partial charge in [-0.2, -0.15) is 0 Å². The van der Waals surface area contributed by atoms with Crippen LogP contribution in [0, 0.1) is 5.92 Å². The van der Waals surface area contributed by atoms with E-state index in [1.165, 1.54) is 4.90 Å². The molecule has 1 fully saturated rings. The molecule has 6 heteroatoms. The van der Waals surface area contributed by atoms with Crippen molar-refractivity contribution in [1.29, 1.82) is 0 Å². The first kappa shape index (κ1) is 18.9. The van der Waals surface area contributed by atoms with Crippen LogP contribution < -0.4 is 0 Å². The number of ketones is 2. The van der Waals surface area contributed by atoms with Crippen LogP contribution in [0.15, 0.2) is 54.9 Å². The predicted octanol–water partition coefficient (Wildman–Crippen LogP) is 1.98. The van der Waals surface area contributed by atoms with Gasteiger partial charge in [0.1, 0.15) is 5.92 Å². The molecule has 2 aromatic rings. The van der Waals surface area contributed by atoms with Gasteiger partial charge in [-0.3, -0.25) is 19.4 Å². The van der Waals surface area contributed by atoms with Crippen LogP contribution >= 0.6 is 0 Å². The average molecular weight is 365 g/mol. The molecule has 140 valence electrons. The van der Waals surface area contributed by atoms with E-state index < -0.39 is 23.7 Å². The Morgan fingerprint density at radius 3 is 2.48 bits per heavy atom. The van der Waals surface area contributed by atoms with Gasteiger partial charge >= 0.3 is 0 Å². The molecule has 27 heavy (non-hydrogen) atoms. The Morgan fingerprint density at radius 1 is 1.11 bits per heavy atom. The molecule has 0 aliphatic carbocycles. The summed E-state index contributed by atoms with van der Waals surface area (Å²) in [6, 6.07) is 11.6. The Bertz CT molecular complexity index is 821. The molecular formula is C21H23N3O3. The number of aromatic nitrogens is 1. The molecule has 0 spiro atoms. The number of carbonyl (C=O) groups excluding carboxylic acids is 3. The summed E-state index contributed by atoms with van der Waals surface area (Å²) < 4.78 is 0. The second-order valence-electron chi connectivity index (χ2n) is 6.96. The van der Waals surface area contributed by atoms with Crippen LogP contribution in [0.4, 0.5) is 0 Å². The van der Waals surface area contributed by atoms with Gasteiger partial charge in [-0.25, -0.2) is 0 Å². The summed E-state index contributed by atoms with van der Waals surface area (Å²) in [5.74, 6) is -2.58. The summed E-state index contributed by atoms with van der Waals surface area (Å²) in [6.07, 6.45) is 3.97. The van der Waals surface area contributed by atoms with Crippen molar-refractivity contribution in [3.63, 3.8) is 0 Å². The second-order valence-corrected chi connectivity index (χ2v) is 6.96. The first-order chi connectivity index (χ1) is 13.0. The minimum atomic E-state index is -1.04. The molecule has 1 aliphatic rings. The maximum Gasteiger partial charge on any atom is 0.291 e. The summed E-state index contributed by atoms with van der Waals surface area (Å²) in [6.45, 7) is 1.20. The smallest absolute Gasteiger partial charge is 0.291 e. The van der Waals surface area contributed by atoms with Crippen LogP contribution in [0.5, 0.6) is 0 Å². The number of hydrogen-bond acceptors (Lipinski definition) is 5. The second kappa shape index (κ2) is 8.22. The van der Waals surface area contributed by atoms with Gasteiger partial charge in [0.05, 0.1) is 6.04 Å². The molecule has 0 radical (unpaired) electrons. The van der Waals surface area contributed by atoms with E-state index in [1.54, 1.807) is 42.7 Å². The molecule has 0 bridgehead atoms. The number of rotatable bonds is 7. The first-order valence-corrected chi connectivity index (χ1v) is 8.99. The summed E-state index contributed by atoms with van der Waals surface area (Å²) in [5.41, 5.74) is 1.14. The Labute approximate surface area is 158 Å². The van der Waals surface area contributed by atoms with E-state index in [-0.39, 0.29) is 5.78 Å². The van der Waals surface area contributed by atoms with Crippen LogP contribution in [-0.4, -0.2) is 59.4 Å². The molecule has 1 aromatic carbocycles. The van der Waals surface area contributed by atoms with Gasteiger partial charge in [-0.1, -0.05) is 36.4 Å². The number of benzene rings is 1. The molecule has 0 N–H and O–H groups in total. The fraction of sp³-hybridized carbons (Fsp3) is 0.333. The summed E-state index contributed by atoms with van der Waals surface area (Å²) in [4.78, 5) is 46.2. The number of hydrogen-bond donors (Lipinski definition) is 0. The van der Waals surface area contributed by atoms with Crippen molar-refractivity contribution in [2.45, 2.75) is 12.5 Å². The Balaban J connectivity index is 1.96. The summed E-state index contributed by atoms with van der Waals surface area (Å²) >= 11 is 0. The summed E-state index contributed by atoms with van der Waals surface area (Å²) in [7, 11) is 3.91. The Hall–Kier alpha value is -2.86. The van der Waals surface area contributed by atoms with Crippen LogP contribution in [-0.2, 0) is 9.59 Å². The minimum Gasteiger partial charge on any atom is -0.328 e. The molecule has 1 aromatic heterocycles. The lowest BCUT2D eigenvalue weighted by atomic mass is 9.87. The van der Waals surface area contributed by atoms with Crippen molar-refractivity contribution < 1.29 is 14.4 Å². The topological polar surface area (TPSA) is 70.6 Å². The van der Waals surface area contributed by atoms with E-state index >= 15 is 0 Å². The zero-order valence-corrected chi connectivity index (χ0v) is 15.5. The zero-order valence-electron chi connectivity index (χ0n) is 15.5. The highest BCUT2D eigenvalue weighted by molar-refractivity contribution is 6.44. The highest BCUT2D eigenvalue weighted by Gasteiger charge is 2.51. The lowest BCUT2D eigenvalue weighted by molar-refractivity contribution is -0.140. The lowest BCUT2D eigenvalue weighted by Gasteiger charge is -2.27. The van der Waals surface area contributed by atoms with Gasteiger partial charge in [0.15, 0.2) is 5.78 Å². The number of amides is 1. The standard InChI is InChI=1S/C21H23N3O3/c1-23(2)12-7-13-24-18(16-10-6-11-22-14-16)17(20(26)21(24)27)19(25)15-8-4-3-5-9-15/h3-6,8-11,14,17-18H,7,12-13H2,1-2H3. The van der Waals surface area contributed by atoms with Crippen LogP contribution in [0.25, 0.3) is 0 Å². The summed E-state index contributed by atoms with van der Waals surface area (Å²) in [5, 5.41) is 0. The van der Waals surface area contributed by atoms with Gasteiger partial charge in [0.25, 0.3) is 5.91 Å². The number of carbonyl (C=O) groups is 3. The minimum absolute atomic E-state index is 0.321. The van der Waals surface area contributed by atoms with Crippen molar-refractivity contribution >= 4 is 17.5 Å². The van der Waals surface area contributed by atoms with Crippen molar-refractivity contribution in [2.75, 3.05) is 27.2 Å². The van der Waals surface area contributed by atoms with E-state index in [1.807, 2.05) is 31.1 Å². The quantitative estimate of drug-likeness (QED) is 0.426. The van der Waals surface area contributed by atoms with Gasteiger partial charge in [0, 0.05) is 24.5 Å². The van der Waals surface area contributed by atoms with Crippen LogP contribution in [0.3, 0.4) is 0 Å². The van der Waals surface area contributed by atoms with E-state index in [9.17, 15) is 14.4 Å². The highest BCUT2D eigenvalue weighted by Crippen LogP contribution is 2.37. The fourth-order valence-corrected chi connectivity index (χ4v) is 3.49. The van der Waals surface area contributed by atoms with Gasteiger partial charge in [-0.05, 0) is 38.7 Å². The molecule has 2 unspecified atom stereocenters. The zero-order chi connectivity index (χ0) is 19.4. The van der Waals surface area contributed by atoms with Gasteiger partial charge < -0.3 is 9.80 Å². The third kappa shape index (κ3) is 3.95. The maximum absolute atomic E-state index is 13.1. The molecule has 2 heterocycles. The van der Waals surface area contributed by atoms with Gasteiger partial charge in [-0.15, -0.1) is 0 Å². The monoisotopic (exact) mass is 365 g/mol.